The Labute approximate surface area is 148 Å². The van der Waals surface area contributed by atoms with Crippen LogP contribution in [0.5, 0.6) is 0 Å². The molecule has 3 rings (SSSR count). The largest absolute Gasteiger partial charge is 0.348 e. The standard InChI is InChI=1S/C18H17F2N5O/c1-2-14(12-6-4-3-5-7-12)18(26)21-11-17-22-23-24-25(17)13-8-9-15(19)16(20)10-13/h3-10,14H,2,11H2,1H3,(H,21,26). The number of hydrogen-bond acceptors (Lipinski definition) is 4. The summed E-state index contributed by atoms with van der Waals surface area (Å²) in [7, 11) is 0. The molecule has 1 amide bonds. The summed E-state index contributed by atoms with van der Waals surface area (Å²) >= 11 is 0. The predicted octanol–water partition coefficient (Wildman–Crippen LogP) is 2.75. The second kappa shape index (κ2) is 7.81. The zero-order chi connectivity index (χ0) is 18.5. The van der Waals surface area contributed by atoms with Crippen molar-refractivity contribution in [2.24, 2.45) is 0 Å². The zero-order valence-electron chi connectivity index (χ0n) is 14.1. The van der Waals surface area contributed by atoms with Gasteiger partial charge in [-0.1, -0.05) is 37.3 Å². The second-order valence-electron chi connectivity index (χ2n) is 5.69. The van der Waals surface area contributed by atoms with Crippen LogP contribution in [0.25, 0.3) is 5.69 Å². The number of hydrogen-bond donors (Lipinski definition) is 1. The number of nitrogens with zero attached hydrogens (tertiary/aromatic N) is 4. The SMILES string of the molecule is CCC(C(=O)NCc1nnnn1-c1ccc(F)c(F)c1)c1ccccc1. The summed E-state index contributed by atoms with van der Waals surface area (Å²) in [5, 5.41) is 14.0. The Kier molecular flexibility index (Phi) is 5.31. The molecule has 0 radical (unpaired) electrons. The van der Waals surface area contributed by atoms with E-state index in [1.807, 2.05) is 37.3 Å². The summed E-state index contributed by atoms with van der Waals surface area (Å²) < 4.78 is 27.8. The lowest BCUT2D eigenvalue weighted by Gasteiger charge is -2.15. The van der Waals surface area contributed by atoms with Gasteiger partial charge < -0.3 is 5.32 Å². The fourth-order valence-electron chi connectivity index (χ4n) is 2.68. The number of tetrazole rings is 1. The van der Waals surface area contributed by atoms with Crippen molar-refractivity contribution in [2.45, 2.75) is 25.8 Å². The molecule has 6 nitrogen and oxygen atoms in total. The minimum absolute atomic E-state index is 0.0637. The lowest BCUT2D eigenvalue weighted by atomic mass is 9.96. The van der Waals surface area contributed by atoms with Gasteiger partial charge in [0, 0.05) is 6.07 Å². The molecule has 2 aromatic carbocycles. The number of aromatic nitrogens is 4. The number of carbonyl (C=O) groups excluding carboxylic acids is 1. The molecule has 26 heavy (non-hydrogen) atoms. The first-order valence-corrected chi connectivity index (χ1v) is 8.15. The van der Waals surface area contributed by atoms with Crippen molar-refractivity contribution < 1.29 is 13.6 Å². The van der Waals surface area contributed by atoms with Crippen molar-refractivity contribution in [2.75, 3.05) is 0 Å². The molecule has 1 aromatic heterocycles. The second-order valence-corrected chi connectivity index (χ2v) is 5.69. The van der Waals surface area contributed by atoms with Crippen LogP contribution in [0.15, 0.2) is 48.5 Å². The molecule has 1 N–H and O–H groups in total. The molecule has 0 saturated carbocycles. The molecule has 0 fully saturated rings. The molecule has 0 saturated heterocycles. The van der Waals surface area contributed by atoms with Gasteiger partial charge >= 0.3 is 0 Å². The average Bonchev–Trinajstić information content (AvgIpc) is 3.12. The summed E-state index contributed by atoms with van der Waals surface area (Å²) in [5.41, 5.74) is 1.20. The Morgan fingerprint density at radius 2 is 1.92 bits per heavy atom. The Hall–Kier alpha value is -3.16. The maximum absolute atomic E-state index is 13.4. The van der Waals surface area contributed by atoms with Crippen LogP contribution >= 0.6 is 0 Å². The predicted molar refractivity (Wildman–Crippen MR) is 90.4 cm³/mol. The van der Waals surface area contributed by atoms with Crippen LogP contribution in [0.2, 0.25) is 0 Å². The van der Waals surface area contributed by atoms with Crippen molar-refractivity contribution >= 4 is 5.91 Å². The van der Waals surface area contributed by atoms with Crippen molar-refractivity contribution in [3.63, 3.8) is 0 Å². The van der Waals surface area contributed by atoms with E-state index in [0.717, 1.165) is 17.7 Å². The van der Waals surface area contributed by atoms with Crippen molar-refractivity contribution in [3.05, 3.63) is 71.6 Å². The van der Waals surface area contributed by atoms with E-state index in [-0.39, 0.29) is 24.1 Å². The van der Waals surface area contributed by atoms with Crippen LogP contribution in [0.1, 0.15) is 30.7 Å². The van der Waals surface area contributed by atoms with Crippen LogP contribution in [0.4, 0.5) is 8.78 Å². The van der Waals surface area contributed by atoms with Gasteiger partial charge in [-0.05, 0) is 34.5 Å². The van der Waals surface area contributed by atoms with Gasteiger partial charge in [-0.25, -0.2) is 8.78 Å². The van der Waals surface area contributed by atoms with E-state index in [2.05, 4.69) is 20.8 Å². The van der Waals surface area contributed by atoms with Gasteiger partial charge in [0.15, 0.2) is 17.5 Å². The van der Waals surface area contributed by atoms with Crippen LogP contribution < -0.4 is 5.32 Å². The summed E-state index contributed by atoms with van der Waals surface area (Å²) in [6, 6.07) is 12.8. The molecule has 3 aromatic rings. The molecular weight excluding hydrogens is 340 g/mol. The first kappa shape index (κ1) is 17.7. The number of carbonyl (C=O) groups is 1. The molecule has 1 atom stereocenters. The van der Waals surface area contributed by atoms with Crippen LogP contribution in [-0.2, 0) is 11.3 Å². The summed E-state index contributed by atoms with van der Waals surface area (Å²) in [6.45, 7) is 2.00. The number of benzene rings is 2. The van der Waals surface area contributed by atoms with Crippen molar-refractivity contribution in [1.82, 2.24) is 25.5 Å². The van der Waals surface area contributed by atoms with E-state index >= 15 is 0 Å². The van der Waals surface area contributed by atoms with Gasteiger partial charge in [0.1, 0.15) is 0 Å². The smallest absolute Gasteiger partial charge is 0.227 e. The number of rotatable bonds is 6. The Bertz CT molecular complexity index is 898. The highest BCUT2D eigenvalue weighted by Crippen LogP contribution is 2.19. The maximum Gasteiger partial charge on any atom is 0.227 e. The number of halogens is 2. The fourth-order valence-corrected chi connectivity index (χ4v) is 2.68. The van der Waals surface area contributed by atoms with E-state index in [0.29, 0.717) is 12.2 Å². The molecule has 0 aliphatic rings. The first-order valence-electron chi connectivity index (χ1n) is 8.15. The minimum atomic E-state index is -0.997. The van der Waals surface area contributed by atoms with E-state index < -0.39 is 11.6 Å². The van der Waals surface area contributed by atoms with E-state index in [1.54, 1.807) is 0 Å². The lowest BCUT2D eigenvalue weighted by Crippen LogP contribution is -2.29. The van der Waals surface area contributed by atoms with Crippen molar-refractivity contribution in [3.8, 4) is 5.69 Å². The third kappa shape index (κ3) is 3.74. The summed E-state index contributed by atoms with van der Waals surface area (Å²) in [6.07, 6.45) is 0.643. The maximum atomic E-state index is 13.4. The molecular formula is C18H17F2N5O. The van der Waals surface area contributed by atoms with Crippen LogP contribution in [0.3, 0.4) is 0 Å². The quantitative estimate of drug-likeness (QED) is 0.736. The average molecular weight is 357 g/mol. The number of nitrogens with one attached hydrogen (secondary N) is 1. The molecule has 1 unspecified atom stereocenters. The van der Waals surface area contributed by atoms with Gasteiger partial charge in [0.05, 0.1) is 18.2 Å². The highest BCUT2D eigenvalue weighted by Gasteiger charge is 2.19. The molecule has 0 spiro atoms. The van der Waals surface area contributed by atoms with Gasteiger partial charge in [-0.3, -0.25) is 4.79 Å². The molecule has 134 valence electrons. The zero-order valence-corrected chi connectivity index (χ0v) is 14.1. The highest BCUT2D eigenvalue weighted by atomic mass is 19.2. The molecule has 0 aliphatic carbocycles. The van der Waals surface area contributed by atoms with Gasteiger partial charge in [-0.15, -0.1) is 5.10 Å². The highest BCUT2D eigenvalue weighted by molar-refractivity contribution is 5.83. The minimum Gasteiger partial charge on any atom is -0.348 e. The van der Waals surface area contributed by atoms with Crippen LogP contribution in [0, 0.1) is 11.6 Å². The molecule has 0 aliphatic heterocycles. The summed E-state index contributed by atoms with van der Waals surface area (Å²) in [4.78, 5) is 12.5. The molecule has 1 heterocycles. The van der Waals surface area contributed by atoms with Gasteiger partial charge in [0.25, 0.3) is 0 Å². The van der Waals surface area contributed by atoms with Crippen molar-refractivity contribution in [1.29, 1.82) is 0 Å². The van der Waals surface area contributed by atoms with E-state index in [4.69, 9.17) is 0 Å². The molecule has 8 heteroatoms. The normalized spacial score (nSPS) is 12.0. The summed E-state index contributed by atoms with van der Waals surface area (Å²) in [5.74, 6) is -2.08. The molecule has 0 bridgehead atoms. The number of amides is 1. The van der Waals surface area contributed by atoms with Crippen LogP contribution in [-0.4, -0.2) is 26.1 Å². The monoisotopic (exact) mass is 357 g/mol. The lowest BCUT2D eigenvalue weighted by molar-refractivity contribution is -0.122. The first-order chi connectivity index (χ1) is 12.6. The Morgan fingerprint density at radius 1 is 1.15 bits per heavy atom. The third-order valence-corrected chi connectivity index (χ3v) is 4.03. The van der Waals surface area contributed by atoms with Gasteiger partial charge in [0.2, 0.25) is 5.91 Å². The Morgan fingerprint density at radius 3 is 2.62 bits per heavy atom. The van der Waals surface area contributed by atoms with E-state index in [9.17, 15) is 13.6 Å². The topological polar surface area (TPSA) is 72.7 Å². The third-order valence-electron chi connectivity index (χ3n) is 4.03. The Balaban J connectivity index is 1.73. The fraction of sp³-hybridized carbons (Fsp3) is 0.222. The van der Waals surface area contributed by atoms with Gasteiger partial charge in [-0.2, -0.15) is 4.68 Å². The van der Waals surface area contributed by atoms with E-state index in [1.165, 1.54) is 10.7 Å².